The Bertz CT molecular complexity index is 564. The highest BCUT2D eigenvalue weighted by atomic mass is 19.0. The summed E-state index contributed by atoms with van der Waals surface area (Å²) >= 11 is 0. The third-order valence-electron chi connectivity index (χ3n) is 6.54. The molecule has 0 spiro atoms. The molecule has 2 aliphatic heterocycles. The molecule has 2 saturated heterocycles. The molecule has 1 aromatic carbocycles. The maximum absolute atomic E-state index is 12.6. The SMILES string of the molecule is CC(C)[N+]1(C)[C@@H]2CC[C@H]1CC(OC(=O)C(CO)c1ccccc1)C2.[F-]. The molecular formula is C20H30FNO3. The first-order valence-corrected chi connectivity index (χ1v) is 9.18. The van der Waals surface area contributed by atoms with Crippen LogP contribution in [0.2, 0.25) is 0 Å². The number of carbonyl (C=O) groups excluding carboxylic acids is 1. The highest BCUT2D eigenvalue weighted by Crippen LogP contribution is 2.44. The summed E-state index contributed by atoms with van der Waals surface area (Å²) in [6.07, 6.45) is 4.36. The smallest absolute Gasteiger partial charge is 0.316 e. The molecule has 2 aliphatic rings. The number of nitrogens with zero attached hydrogens (tertiary/aromatic N) is 1. The number of quaternary nitrogens is 1. The standard InChI is InChI=1S/C20H30NO3.FH/c1-14(2)21(3)16-9-10-17(21)12-18(11-16)24-20(23)19(13-22)15-7-5-4-6-8-15;/h4-8,14,16-19,22H,9-13H2,1-3H3;1H/q+1;/p-1/t16-,17+,18?,19?,21?;. The molecule has 5 heteroatoms. The van der Waals surface area contributed by atoms with E-state index >= 15 is 0 Å². The fraction of sp³-hybridized carbons (Fsp3) is 0.650. The Morgan fingerprint density at radius 1 is 1.20 bits per heavy atom. The Labute approximate surface area is 149 Å². The Hall–Kier alpha value is -1.46. The lowest BCUT2D eigenvalue weighted by molar-refractivity contribution is -0.968. The number of fused-ring (bicyclic) bond motifs is 2. The minimum Gasteiger partial charge on any atom is -1.00 e. The molecule has 2 fully saturated rings. The largest absolute Gasteiger partial charge is 1.00 e. The molecule has 1 aromatic rings. The van der Waals surface area contributed by atoms with Crippen LogP contribution in [-0.4, -0.2) is 53.4 Å². The number of aliphatic hydroxyl groups excluding tert-OH is 1. The summed E-state index contributed by atoms with van der Waals surface area (Å²) in [5.41, 5.74) is 0.826. The third-order valence-corrected chi connectivity index (χ3v) is 6.54. The molecule has 3 rings (SSSR count). The molecular weight excluding hydrogens is 321 g/mol. The minimum absolute atomic E-state index is 0. The molecule has 25 heavy (non-hydrogen) atoms. The lowest BCUT2D eigenvalue weighted by atomic mass is 9.94. The number of aliphatic hydroxyl groups is 1. The van der Waals surface area contributed by atoms with Crippen LogP contribution >= 0.6 is 0 Å². The zero-order valence-electron chi connectivity index (χ0n) is 15.4. The number of ether oxygens (including phenoxy) is 1. The van der Waals surface area contributed by atoms with Crippen molar-refractivity contribution < 1.29 is 23.8 Å². The van der Waals surface area contributed by atoms with Crippen molar-refractivity contribution in [1.29, 1.82) is 0 Å². The number of rotatable bonds is 5. The van der Waals surface area contributed by atoms with Crippen LogP contribution in [0, 0.1) is 0 Å². The predicted molar refractivity (Wildman–Crippen MR) is 93.5 cm³/mol. The maximum Gasteiger partial charge on any atom is 0.316 e. The van der Waals surface area contributed by atoms with Crippen molar-refractivity contribution in [2.24, 2.45) is 0 Å². The van der Waals surface area contributed by atoms with Gasteiger partial charge in [0.2, 0.25) is 0 Å². The van der Waals surface area contributed by atoms with Gasteiger partial charge in [-0.25, -0.2) is 0 Å². The fourth-order valence-electron chi connectivity index (χ4n) is 4.82. The fourth-order valence-corrected chi connectivity index (χ4v) is 4.82. The average Bonchev–Trinajstić information content (AvgIpc) is 2.74. The van der Waals surface area contributed by atoms with Gasteiger partial charge >= 0.3 is 5.97 Å². The van der Waals surface area contributed by atoms with Crippen molar-refractivity contribution in [3.8, 4) is 0 Å². The van der Waals surface area contributed by atoms with Gasteiger partial charge in [0.15, 0.2) is 0 Å². The van der Waals surface area contributed by atoms with Crippen molar-refractivity contribution in [3.63, 3.8) is 0 Å². The van der Waals surface area contributed by atoms with E-state index in [0.717, 1.165) is 22.9 Å². The highest BCUT2D eigenvalue weighted by Gasteiger charge is 2.53. The molecule has 5 atom stereocenters. The van der Waals surface area contributed by atoms with Crippen LogP contribution in [0.4, 0.5) is 0 Å². The Balaban J connectivity index is 0.00000225. The van der Waals surface area contributed by atoms with E-state index in [1.807, 2.05) is 30.3 Å². The van der Waals surface area contributed by atoms with Gasteiger partial charge in [-0.1, -0.05) is 30.3 Å². The molecule has 140 valence electrons. The lowest BCUT2D eigenvalue weighted by Crippen LogP contribution is -3.00. The summed E-state index contributed by atoms with van der Waals surface area (Å²) < 4.78 is 6.96. The van der Waals surface area contributed by atoms with Gasteiger partial charge < -0.3 is 19.0 Å². The van der Waals surface area contributed by atoms with Crippen LogP contribution < -0.4 is 4.70 Å². The van der Waals surface area contributed by atoms with Crippen LogP contribution in [-0.2, 0) is 9.53 Å². The van der Waals surface area contributed by atoms with Gasteiger partial charge in [0.05, 0.1) is 31.8 Å². The first-order valence-electron chi connectivity index (χ1n) is 9.18. The quantitative estimate of drug-likeness (QED) is 0.593. The second-order valence-corrected chi connectivity index (χ2v) is 7.88. The van der Waals surface area contributed by atoms with E-state index in [1.54, 1.807) is 0 Å². The van der Waals surface area contributed by atoms with Crippen molar-refractivity contribution in [1.82, 2.24) is 0 Å². The molecule has 4 nitrogen and oxygen atoms in total. The Kier molecular flexibility index (Phi) is 6.22. The number of carbonyl (C=O) groups is 1. The molecule has 0 aromatic heterocycles. The van der Waals surface area contributed by atoms with Gasteiger partial charge in [-0.05, 0) is 19.4 Å². The van der Waals surface area contributed by atoms with Crippen LogP contribution in [0.25, 0.3) is 0 Å². The van der Waals surface area contributed by atoms with Gasteiger partial charge in [-0.3, -0.25) is 4.79 Å². The molecule has 2 bridgehead atoms. The molecule has 2 heterocycles. The van der Waals surface area contributed by atoms with E-state index in [-0.39, 0.29) is 23.4 Å². The number of esters is 1. The Morgan fingerprint density at radius 3 is 2.24 bits per heavy atom. The molecule has 3 unspecified atom stereocenters. The highest BCUT2D eigenvalue weighted by molar-refractivity contribution is 5.78. The normalized spacial score (nSPS) is 32.1. The van der Waals surface area contributed by atoms with Crippen molar-refractivity contribution >= 4 is 5.97 Å². The van der Waals surface area contributed by atoms with Crippen LogP contribution in [0.5, 0.6) is 0 Å². The first-order chi connectivity index (χ1) is 11.5. The van der Waals surface area contributed by atoms with E-state index in [0.29, 0.717) is 18.1 Å². The van der Waals surface area contributed by atoms with E-state index in [9.17, 15) is 9.90 Å². The molecule has 0 saturated carbocycles. The topological polar surface area (TPSA) is 46.5 Å². The molecule has 0 amide bonds. The number of hydrogen-bond donors (Lipinski definition) is 1. The lowest BCUT2D eigenvalue weighted by Gasteiger charge is -2.49. The number of hydrogen-bond acceptors (Lipinski definition) is 3. The van der Waals surface area contributed by atoms with Crippen molar-refractivity contribution in [3.05, 3.63) is 35.9 Å². The first kappa shape index (κ1) is 19.9. The van der Waals surface area contributed by atoms with Crippen LogP contribution in [0.15, 0.2) is 30.3 Å². The number of benzene rings is 1. The maximum atomic E-state index is 12.6. The van der Waals surface area contributed by atoms with E-state index < -0.39 is 5.92 Å². The zero-order chi connectivity index (χ0) is 17.3. The summed E-state index contributed by atoms with van der Waals surface area (Å²) in [6, 6.07) is 11.2. The molecule has 0 aliphatic carbocycles. The third kappa shape index (κ3) is 3.58. The number of halogens is 1. The van der Waals surface area contributed by atoms with Gasteiger partial charge in [0.25, 0.3) is 0 Å². The summed E-state index contributed by atoms with van der Waals surface area (Å²) in [5, 5.41) is 9.65. The summed E-state index contributed by atoms with van der Waals surface area (Å²) in [7, 11) is 2.37. The van der Waals surface area contributed by atoms with E-state index in [2.05, 4.69) is 20.9 Å². The minimum atomic E-state index is -0.572. The molecule has 0 radical (unpaired) electrons. The second-order valence-electron chi connectivity index (χ2n) is 7.88. The predicted octanol–water partition coefficient (Wildman–Crippen LogP) is -0.142. The van der Waals surface area contributed by atoms with Crippen LogP contribution in [0.3, 0.4) is 0 Å². The molecule has 1 N–H and O–H groups in total. The van der Waals surface area contributed by atoms with Crippen molar-refractivity contribution in [2.75, 3.05) is 13.7 Å². The average molecular weight is 351 g/mol. The van der Waals surface area contributed by atoms with Crippen LogP contribution in [0.1, 0.15) is 51.0 Å². The second kappa shape index (κ2) is 7.83. The summed E-state index contributed by atoms with van der Waals surface area (Å²) in [5.74, 6) is -0.856. The van der Waals surface area contributed by atoms with Gasteiger partial charge in [-0.15, -0.1) is 0 Å². The van der Waals surface area contributed by atoms with Gasteiger partial charge in [0.1, 0.15) is 12.0 Å². The monoisotopic (exact) mass is 351 g/mol. The summed E-state index contributed by atoms with van der Waals surface area (Å²) in [4.78, 5) is 12.6. The Morgan fingerprint density at radius 2 is 1.76 bits per heavy atom. The zero-order valence-corrected chi connectivity index (χ0v) is 15.4. The number of piperidine rings is 1. The summed E-state index contributed by atoms with van der Waals surface area (Å²) in [6.45, 7) is 4.39. The van der Waals surface area contributed by atoms with Gasteiger partial charge in [-0.2, -0.15) is 0 Å². The van der Waals surface area contributed by atoms with Gasteiger partial charge in [0, 0.05) is 25.7 Å². The van der Waals surface area contributed by atoms with E-state index in [4.69, 9.17) is 4.74 Å². The van der Waals surface area contributed by atoms with E-state index in [1.165, 1.54) is 12.8 Å². The van der Waals surface area contributed by atoms with Crippen molar-refractivity contribution in [2.45, 2.75) is 69.7 Å².